The molecule has 0 saturated heterocycles. The van der Waals surface area contributed by atoms with Crippen molar-refractivity contribution in [2.24, 2.45) is 5.10 Å². The molecule has 120 valence electrons. The number of nitrogens with zero attached hydrogens (tertiary/aromatic N) is 4. The normalized spacial score (nSPS) is 15.7. The summed E-state index contributed by atoms with van der Waals surface area (Å²) in [5.74, 6) is -0.511. The highest BCUT2D eigenvalue weighted by Crippen LogP contribution is 2.19. The van der Waals surface area contributed by atoms with Gasteiger partial charge >= 0.3 is 5.97 Å². The van der Waals surface area contributed by atoms with Gasteiger partial charge in [0.25, 0.3) is 5.91 Å². The third-order valence-corrected chi connectivity index (χ3v) is 3.16. The zero-order valence-electron chi connectivity index (χ0n) is 12.7. The summed E-state index contributed by atoms with van der Waals surface area (Å²) in [6, 6.07) is 10.4. The Kier molecular flexibility index (Phi) is 4.28. The second kappa shape index (κ2) is 6.69. The fourth-order valence-electron chi connectivity index (χ4n) is 2.06. The van der Waals surface area contributed by atoms with E-state index in [4.69, 9.17) is 0 Å². The molecule has 8 heteroatoms. The van der Waals surface area contributed by atoms with Gasteiger partial charge in [-0.15, -0.1) is 0 Å². The minimum absolute atomic E-state index is 0.0211. The van der Waals surface area contributed by atoms with Crippen LogP contribution in [0.5, 0.6) is 0 Å². The van der Waals surface area contributed by atoms with Crippen molar-refractivity contribution in [1.82, 2.24) is 15.4 Å². The number of amides is 1. The van der Waals surface area contributed by atoms with Gasteiger partial charge in [-0.3, -0.25) is 15.2 Å². The summed E-state index contributed by atoms with van der Waals surface area (Å²) in [4.78, 5) is 33.9. The maximum Gasteiger partial charge on any atom is 0.332 e. The van der Waals surface area contributed by atoms with Gasteiger partial charge in [0.1, 0.15) is 17.2 Å². The van der Waals surface area contributed by atoms with Crippen molar-refractivity contribution in [3.8, 4) is 0 Å². The molecule has 1 aliphatic heterocycles. The molecular weight excluding hydrogens is 310 g/mol. The minimum Gasteiger partial charge on any atom is -0.466 e. The molecule has 0 fully saturated rings. The lowest BCUT2D eigenvalue weighted by Crippen LogP contribution is -2.46. The standard InChI is InChI=1S/C16H13N5O3/c1-24-14(22)10-12-16(23)21(13-7-3-5-9-18-13)15(20-19-12)11-6-2-4-8-17-11/h2-10,19H,1H3/b12-10+. The van der Waals surface area contributed by atoms with E-state index < -0.39 is 11.9 Å². The lowest BCUT2D eigenvalue weighted by atomic mass is 10.2. The van der Waals surface area contributed by atoms with Gasteiger partial charge in [0, 0.05) is 12.4 Å². The van der Waals surface area contributed by atoms with Crippen molar-refractivity contribution in [3.63, 3.8) is 0 Å². The van der Waals surface area contributed by atoms with Crippen molar-refractivity contribution < 1.29 is 14.3 Å². The second-order valence-electron chi connectivity index (χ2n) is 4.67. The van der Waals surface area contributed by atoms with E-state index >= 15 is 0 Å². The number of ether oxygens (including phenoxy) is 1. The number of pyridine rings is 2. The van der Waals surface area contributed by atoms with Crippen LogP contribution in [0.4, 0.5) is 5.82 Å². The van der Waals surface area contributed by atoms with Gasteiger partial charge < -0.3 is 4.74 Å². The summed E-state index contributed by atoms with van der Waals surface area (Å²) in [6.45, 7) is 0. The van der Waals surface area contributed by atoms with E-state index in [9.17, 15) is 9.59 Å². The summed E-state index contributed by atoms with van der Waals surface area (Å²) in [6.07, 6.45) is 4.19. The van der Waals surface area contributed by atoms with Gasteiger partial charge in [0.05, 0.1) is 13.2 Å². The number of nitrogens with one attached hydrogen (secondary N) is 1. The predicted octanol–water partition coefficient (Wildman–Crippen LogP) is 0.831. The van der Waals surface area contributed by atoms with Gasteiger partial charge in [0.2, 0.25) is 0 Å². The number of hydrogen-bond donors (Lipinski definition) is 1. The second-order valence-corrected chi connectivity index (χ2v) is 4.67. The Morgan fingerprint density at radius 2 is 1.92 bits per heavy atom. The molecule has 0 spiro atoms. The zero-order valence-corrected chi connectivity index (χ0v) is 12.7. The average Bonchev–Trinajstić information content (AvgIpc) is 2.64. The molecule has 1 N–H and O–H groups in total. The Morgan fingerprint density at radius 3 is 2.54 bits per heavy atom. The number of methoxy groups -OCH3 is 1. The van der Waals surface area contributed by atoms with E-state index in [0.29, 0.717) is 11.5 Å². The number of carbonyl (C=O) groups excluding carboxylic acids is 2. The highest BCUT2D eigenvalue weighted by molar-refractivity contribution is 6.28. The monoisotopic (exact) mass is 323 g/mol. The van der Waals surface area contributed by atoms with Crippen LogP contribution in [0.1, 0.15) is 5.69 Å². The number of hydrogen-bond acceptors (Lipinski definition) is 7. The first kappa shape index (κ1) is 15.3. The van der Waals surface area contributed by atoms with Crippen molar-refractivity contribution in [1.29, 1.82) is 0 Å². The summed E-state index contributed by atoms with van der Waals surface area (Å²) >= 11 is 0. The molecule has 3 rings (SSSR count). The number of hydrazone groups is 1. The smallest absolute Gasteiger partial charge is 0.332 e. The topological polar surface area (TPSA) is 96.8 Å². The summed E-state index contributed by atoms with van der Waals surface area (Å²) < 4.78 is 4.55. The molecule has 0 aliphatic carbocycles. The number of anilines is 1. The highest BCUT2D eigenvalue weighted by Gasteiger charge is 2.32. The van der Waals surface area contributed by atoms with E-state index in [-0.39, 0.29) is 11.5 Å². The van der Waals surface area contributed by atoms with Gasteiger partial charge in [-0.1, -0.05) is 12.1 Å². The molecule has 0 radical (unpaired) electrons. The van der Waals surface area contributed by atoms with Gasteiger partial charge in [-0.05, 0) is 24.3 Å². The number of rotatable bonds is 3. The van der Waals surface area contributed by atoms with Crippen LogP contribution in [0.2, 0.25) is 0 Å². The van der Waals surface area contributed by atoms with Crippen molar-refractivity contribution in [2.45, 2.75) is 0 Å². The summed E-state index contributed by atoms with van der Waals surface area (Å²) in [7, 11) is 1.23. The fraction of sp³-hybridized carbons (Fsp3) is 0.0625. The van der Waals surface area contributed by atoms with Gasteiger partial charge in [-0.25, -0.2) is 14.7 Å². The molecule has 8 nitrogen and oxygen atoms in total. The van der Waals surface area contributed by atoms with E-state index in [1.807, 2.05) is 0 Å². The lowest BCUT2D eigenvalue weighted by Gasteiger charge is -2.27. The van der Waals surface area contributed by atoms with E-state index in [2.05, 4.69) is 25.2 Å². The molecule has 3 heterocycles. The third-order valence-electron chi connectivity index (χ3n) is 3.16. The zero-order chi connectivity index (χ0) is 16.9. The van der Waals surface area contributed by atoms with Crippen LogP contribution in [0, 0.1) is 0 Å². The first-order valence-electron chi connectivity index (χ1n) is 7.01. The quantitative estimate of drug-likeness (QED) is 0.664. The van der Waals surface area contributed by atoms with Crippen LogP contribution in [0.3, 0.4) is 0 Å². The molecule has 1 aliphatic rings. The van der Waals surface area contributed by atoms with Crippen LogP contribution >= 0.6 is 0 Å². The Bertz CT molecular complexity index is 818. The highest BCUT2D eigenvalue weighted by atomic mass is 16.5. The SMILES string of the molecule is COC(=O)/C=C1/NN=C(c2ccccn2)N(c2ccccn2)C1=O. The number of amidine groups is 1. The molecule has 0 unspecified atom stereocenters. The van der Waals surface area contributed by atoms with Crippen molar-refractivity contribution in [2.75, 3.05) is 12.0 Å². The van der Waals surface area contributed by atoms with Crippen LogP contribution in [0.15, 0.2) is 65.7 Å². The van der Waals surface area contributed by atoms with E-state index in [0.717, 1.165) is 6.08 Å². The molecule has 0 saturated carbocycles. The molecule has 2 aromatic rings. The molecule has 0 aromatic carbocycles. The largest absolute Gasteiger partial charge is 0.466 e. The molecule has 1 amide bonds. The number of esters is 1. The minimum atomic E-state index is -0.664. The van der Waals surface area contributed by atoms with Crippen LogP contribution in [-0.2, 0) is 14.3 Å². The Balaban J connectivity index is 2.09. The Hall–Kier alpha value is -3.55. The van der Waals surface area contributed by atoms with Crippen molar-refractivity contribution in [3.05, 3.63) is 66.3 Å². The third kappa shape index (κ3) is 2.98. The van der Waals surface area contributed by atoms with Crippen LogP contribution in [-0.4, -0.2) is 34.8 Å². The van der Waals surface area contributed by atoms with Crippen LogP contribution < -0.4 is 10.3 Å². The molecule has 2 aromatic heterocycles. The maximum atomic E-state index is 12.8. The number of aromatic nitrogens is 2. The molecule has 24 heavy (non-hydrogen) atoms. The molecule has 0 atom stereocenters. The Labute approximate surface area is 137 Å². The van der Waals surface area contributed by atoms with Crippen LogP contribution in [0.25, 0.3) is 0 Å². The average molecular weight is 323 g/mol. The summed E-state index contributed by atoms with van der Waals surface area (Å²) in [5.41, 5.74) is 3.04. The lowest BCUT2D eigenvalue weighted by molar-refractivity contribution is -0.135. The van der Waals surface area contributed by atoms with Gasteiger partial charge in [0.15, 0.2) is 5.84 Å². The molecular formula is C16H13N5O3. The maximum absolute atomic E-state index is 12.8. The van der Waals surface area contributed by atoms with E-state index in [1.54, 1.807) is 48.8 Å². The fourth-order valence-corrected chi connectivity index (χ4v) is 2.06. The Morgan fingerprint density at radius 1 is 1.17 bits per heavy atom. The summed E-state index contributed by atoms with van der Waals surface area (Å²) in [5, 5.41) is 4.17. The first-order valence-corrected chi connectivity index (χ1v) is 7.01. The predicted molar refractivity (Wildman–Crippen MR) is 85.7 cm³/mol. The molecule has 0 bridgehead atoms. The van der Waals surface area contributed by atoms with Gasteiger partial charge in [-0.2, -0.15) is 5.10 Å². The number of carbonyl (C=O) groups is 2. The van der Waals surface area contributed by atoms with Crippen molar-refractivity contribution >= 4 is 23.5 Å². The first-order chi connectivity index (χ1) is 11.7. The van der Waals surface area contributed by atoms with E-state index in [1.165, 1.54) is 12.0 Å².